The maximum atomic E-state index is 9.86. The first-order chi connectivity index (χ1) is 10.0. The van der Waals surface area contributed by atoms with Crippen molar-refractivity contribution in [2.45, 2.75) is 0 Å². The van der Waals surface area contributed by atoms with E-state index in [4.69, 9.17) is 27.7 Å². The number of aromatic hydroxyl groups is 1. The molecular weight excluding hydrogens is 379 g/mol. The van der Waals surface area contributed by atoms with Crippen LogP contribution in [0.2, 0.25) is 10.0 Å². The Balaban J connectivity index is 2.03. The number of benzene rings is 2. The maximum absolute atomic E-state index is 9.86. The van der Waals surface area contributed by atoms with Crippen LogP contribution >= 0.6 is 39.1 Å². The van der Waals surface area contributed by atoms with Gasteiger partial charge in [-0.1, -0.05) is 44.3 Å². The highest BCUT2D eigenvalue weighted by atomic mass is 79.9. The molecule has 0 unspecified atom stereocenters. The van der Waals surface area contributed by atoms with E-state index in [2.05, 4.69) is 26.1 Å². The third-order valence-corrected chi connectivity index (χ3v) is 4.03. The van der Waals surface area contributed by atoms with Gasteiger partial charge in [0.05, 0.1) is 15.6 Å². The molecule has 3 aromatic rings. The van der Waals surface area contributed by atoms with Crippen molar-refractivity contribution in [3.8, 4) is 28.6 Å². The summed E-state index contributed by atoms with van der Waals surface area (Å²) < 4.78 is 5.99. The molecule has 1 N–H and O–H groups in total. The highest BCUT2D eigenvalue weighted by molar-refractivity contribution is 9.10. The lowest BCUT2D eigenvalue weighted by atomic mass is 10.2. The normalized spacial score (nSPS) is 10.8. The van der Waals surface area contributed by atoms with Gasteiger partial charge in [-0.15, -0.1) is 0 Å². The first kappa shape index (κ1) is 14.4. The van der Waals surface area contributed by atoms with Crippen LogP contribution in [0, 0.1) is 0 Å². The van der Waals surface area contributed by atoms with E-state index in [-0.39, 0.29) is 11.6 Å². The number of nitrogens with zero attached hydrogens (tertiary/aromatic N) is 2. The molecule has 4 nitrogen and oxygen atoms in total. The molecule has 3 rings (SSSR count). The Morgan fingerprint density at radius 2 is 1.86 bits per heavy atom. The lowest BCUT2D eigenvalue weighted by Crippen LogP contribution is -1.83. The molecule has 0 bridgehead atoms. The standard InChI is InChI=1S/C14H7BrCl2N2O2/c15-8-2-4-12(20)9(6-8)14-18-13(19-21-14)7-1-3-10(16)11(17)5-7/h1-6,20H. The summed E-state index contributed by atoms with van der Waals surface area (Å²) in [6.07, 6.45) is 0. The summed E-state index contributed by atoms with van der Waals surface area (Å²) in [4.78, 5) is 4.26. The average molecular weight is 386 g/mol. The predicted molar refractivity (Wildman–Crippen MR) is 84.6 cm³/mol. The number of phenolic OH excluding ortho intramolecular Hbond substituents is 1. The van der Waals surface area contributed by atoms with E-state index in [1.807, 2.05) is 0 Å². The highest BCUT2D eigenvalue weighted by Gasteiger charge is 2.15. The second-order valence-corrected chi connectivity index (χ2v) is 5.94. The van der Waals surface area contributed by atoms with Crippen LogP contribution in [-0.4, -0.2) is 15.2 Å². The quantitative estimate of drug-likeness (QED) is 0.660. The lowest BCUT2D eigenvalue weighted by Gasteiger charge is -1.99. The molecule has 0 amide bonds. The Kier molecular flexibility index (Phi) is 3.89. The summed E-state index contributed by atoms with van der Waals surface area (Å²) in [6, 6.07) is 10.0. The van der Waals surface area contributed by atoms with Gasteiger partial charge >= 0.3 is 0 Å². The van der Waals surface area contributed by atoms with Crippen molar-refractivity contribution < 1.29 is 9.63 Å². The number of phenols is 1. The number of aromatic nitrogens is 2. The second kappa shape index (κ2) is 5.67. The number of halogens is 3. The molecule has 0 atom stereocenters. The number of hydrogen-bond donors (Lipinski definition) is 1. The molecule has 7 heteroatoms. The number of rotatable bonds is 2. The third-order valence-electron chi connectivity index (χ3n) is 2.79. The van der Waals surface area contributed by atoms with Gasteiger partial charge in [-0.3, -0.25) is 0 Å². The fraction of sp³-hybridized carbons (Fsp3) is 0. The van der Waals surface area contributed by atoms with Crippen LogP contribution in [0.4, 0.5) is 0 Å². The second-order valence-electron chi connectivity index (χ2n) is 4.21. The molecule has 0 aliphatic heterocycles. The molecule has 1 heterocycles. The van der Waals surface area contributed by atoms with Crippen LogP contribution < -0.4 is 0 Å². The van der Waals surface area contributed by atoms with Gasteiger partial charge in [0, 0.05) is 10.0 Å². The summed E-state index contributed by atoms with van der Waals surface area (Å²) in [5.41, 5.74) is 1.12. The van der Waals surface area contributed by atoms with Crippen LogP contribution in [0.1, 0.15) is 0 Å². The Hall–Kier alpha value is -1.56. The smallest absolute Gasteiger partial charge is 0.262 e. The molecule has 0 fully saturated rings. The van der Waals surface area contributed by atoms with E-state index in [0.29, 0.717) is 27.0 Å². The minimum Gasteiger partial charge on any atom is -0.507 e. The topological polar surface area (TPSA) is 59.2 Å². The van der Waals surface area contributed by atoms with E-state index < -0.39 is 0 Å². The SMILES string of the molecule is Oc1ccc(Br)cc1-c1nc(-c2ccc(Cl)c(Cl)c2)no1. The molecule has 21 heavy (non-hydrogen) atoms. The minimum absolute atomic E-state index is 0.0579. The number of hydrogen-bond acceptors (Lipinski definition) is 4. The summed E-state index contributed by atoms with van der Waals surface area (Å²) in [7, 11) is 0. The van der Waals surface area contributed by atoms with Crippen LogP contribution in [0.5, 0.6) is 5.75 Å². The van der Waals surface area contributed by atoms with Crippen molar-refractivity contribution in [3.63, 3.8) is 0 Å². The van der Waals surface area contributed by atoms with Crippen LogP contribution in [0.25, 0.3) is 22.8 Å². The van der Waals surface area contributed by atoms with Gasteiger partial charge in [-0.2, -0.15) is 4.98 Å². The van der Waals surface area contributed by atoms with Crippen molar-refractivity contribution in [1.29, 1.82) is 0 Å². The molecule has 0 saturated heterocycles. The first-order valence-corrected chi connectivity index (χ1v) is 7.37. The zero-order valence-electron chi connectivity index (χ0n) is 10.3. The van der Waals surface area contributed by atoms with Gasteiger partial charge in [0.15, 0.2) is 0 Å². The molecule has 1 aromatic heterocycles. The largest absolute Gasteiger partial charge is 0.507 e. The molecule has 2 aromatic carbocycles. The van der Waals surface area contributed by atoms with Gasteiger partial charge in [0.1, 0.15) is 5.75 Å². The lowest BCUT2D eigenvalue weighted by molar-refractivity contribution is 0.425. The van der Waals surface area contributed by atoms with Crippen molar-refractivity contribution in [1.82, 2.24) is 10.1 Å². The van der Waals surface area contributed by atoms with Crippen LogP contribution in [0.15, 0.2) is 45.4 Å². The molecule has 0 aliphatic rings. The fourth-order valence-electron chi connectivity index (χ4n) is 1.76. The molecule has 0 aliphatic carbocycles. The van der Waals surface area contributed by atoms with Crippen LogP contribution in [0.3, 0.4) is 0 Å². The van der Waals surface area contributed by atoms with E-state index in [9.17, 15) is 5.11 Å². The summed E-state index contributed by atoms with van der Waals surface area (Å²) in [5.74, 6) is 0.639. The van der Waals surface area contributed by atoms with Gasteiger partial charge in [0.2, 0.25) is 5.82 Å². The van der Waals surface area contributed by atoms with Gasteiger partial charge in [0.25, 0.3) is 5.89 Å². The maximum Gasteiger partial charge on any atom is 0.262 e. The Bertz CT molecular complexity index is 820. The molecule has 0 saturated carbocycles. The Morgan fingerprint density at radius 3 is 2.62 bits per heavy atom. The van der Waals surface area contributed by atoms with Crippen molar-refractivity contribution >= 4 is 39.1 Å². The zero-order chi connectivity index (χ0) is 15.0. The Labute approximate surface area is 138 Å². The summed E-state index contributed by atoms with van der Waals surface area (Å²) in [6.45, 7) is 0. The van der Waals surface area contributed by atoms with Gasteiger partial charge in [-0.25, -0.2) is 0 Å². The molecule has 0 spiro atoms. The van der Waals surface area contributed by atoms with E-state index in [1.165, 1.54) is 0 Å². The average Bonchev–Trinajstić information content (AvgIpc) is 2.94. The van der Waals surface area contributed by atoms with E-state index in [1.54, 1.807) is 36.4 Å². The highest BCUT2D eigenvalue weighted by Crippen LogP contribution is 2.33. The van der Waals surface area contributed by atoms with E-state index >= 15 is 0 Å². The fourth-order valence-corrected chi connectivity index (χ4v) is 2.42. The van der Waals surface area contributed by atoms with Gasteiger partial charge < -0.3 is 9.63 Å². The summed E-state index contributed by atoms with van der Waals surface area (Å²) >= 11 is 15.2. The molecular formula is C14H7BrCl2N2O2. The zero-order valence-corrected chi connectivity index (χ0v) is 13.4. The van der Waals surface area contributed by atoms with Crippen molar-refractivity contribution in [2.24, 2.45) is 0 Å². The van der Waals surface area contributed by atoms with Crippen LogP contribution in [-0.2, 0) is 0 Å². The molecule has 0 radical (unpaired) electrons. The molecule has 106 valence electrons. The first-order valence-electron chi connectivity index (χ1n) is 5.82. The monoisotopic (exact) mass is 384 g/mol. The van der Waals surface area contributed by atoms with Crippen molar-refractivity contribution in [3.05, 3.63) is 50.9 Å². The Morgan fingerprint density at radius 1 is 1.05 bits per heavy atom. The third kappa shape index (κ3) is 2.90. The van der Waals surface area contributed by atoms with Gasteiger partial charge in [-0.05, 0) is 36.4 Å². The van der Waals surface area contributed by atoms with Crippen molar-refractivity contribution in [2.75, 3.05) is 0 Å². The van der Waals surface area contributed by atoms with E-state index in [0.717, 1.165) is 4.47 Å². The minimum atomic E-state index is 0.0579. The summed E-state index contributed by atoms with van der Waals surface area (Å²) in [5, 5.41) is 14.6. The predicted octanol–water partition coefficient (Wildman–Crippen LogP) is 5.18.